The zero-order valence-electron chi connectivity index (χ0n) is 18.1. The van der Waals surface area contributed by atoms with E-state index in [4.69, 9.17) is 0 Å². The summed E-state index contributed by atoms with van der Waals surface area (Å²) in [5.41, 5.74) is 0.996. The van der Waals surface area contributed by atoms with Gasteiger partial charge in [-0.05, 0) is 49.3 Å². The summed E-state index contributed by atoms with van der Waals surface area (Å²) < 4.78 is 14.0. The van der Waals surface area contributed by atoms with Gasteiger partial charge in [-0.15, -0.1) is 0 Å². The third-order valence-electron chi connectivity index (χ3n) is 6.74. The molecule has 7 heteroatoms. The summed E-state index contributed by atoms with van der Waals surface area (Å²) in [5, 5.41) is 0.648. The summed E-state index contributed by atoms with van der Waals surface area (Å²) in [6, 6.07) is 4.72. The first-order valence-corrected chi connectivity index (χ1v) is 11.3. The molecule has 2 fully saturated rings. The van der Waals surface area contributed by atoms with E-state index in [9.17, 15) is 18.8 Å². The number of nitrogens with one attached hydrogen (secondary N) is 1. The second-order valence-corrected chi connectivity index (χ2v) is 8.82. The Morgan fingerprint density at radius 1 is 1.06 bits per heavy atom. The number of carbonyl (C=O) groups excluding carboxylic acids is 2. The van der Waals surface area contributed by atoms with Crippen LogP contribution in [-0.2, 0) is 16.0 Å². The van der Waals surface area contributed by atoms with E-state index in [1.807, 2.05) is 11.8 Å². The van der Waals surface area contributed by atoms with Gasteiger partial charge < -0.3 is 14.8 Å². The standard InChI is InChI=1S/C24H30FN3O3/c1-16-7-9-20(25)22-19(16)15-18(26-23(22)30)8-10-21(29)27-11-13-28(14-12-27)24(31)17-5-3-2-4-6-17/h7,9,15,17H,2-6,8,10-14H2,1H3,(H,26,30). The van der Waals surface area contributed by atoms with Gasteiger partial charge in [0.2, 0.25) is 11.8 Å². The number of rotatable bonds is 4. The predicted molar refractivity (Wildman–Crippen MR) is 117 cm³/mol. The largest absolute Gasteiger partial charge is 0.339 e. The molecule has 2 heterocycles. The van der Waals surface area contributed by atoms with Gasteiger partial charge in [-0.25, -0.2) is 4.39 Å². The van der Waals surface area contributed by atoms with Crippen molar-refractivity contribution in [3.63, 3.8) is 0 Å². The van der Waals surface area contributed by atoms with Gasteiger partial charge in [0.25, 0.3) is 5.56 Å². The molecule has 2 aromatic rings. The number of H-pyrrole nitrogens is 1. The molecule has 0 spiro atoms. The maximum atomic E-state index is 14.0. The fourth-order valence-electron chi connectivity index (χ4n) is 4.85. The summed E-state index contributed by atoms with van der Waals surface area (Å²) in [6.07, 6.45) is 6.14. The SMILES string of the molecule is Cc1ccc(F)c2c(=O)[nH]c(CCC(=O)N3CCN(C(=O)C4CCCCC4)CC3)cc12. The topological polar surface area (TPSA) is 73.5 Å². The highest BCUT2D eigenvalue weighted by molar-refractivity contribution is 5.86. The molecular formula is C24H30FN3O3. The highest BCUT2D eigenvalue weighted by Gasteiger charge is 2.29. The molecule has 166 valence electrons. The van der Waals surface area contributed by atoms with E-state index in [2.05, 4.69) is 4.98 Å². The van der Waals surface area contributed by atoms with Crippen molar-refractivity contribution in [1.82, 2.24) is 14.8 Å². The molecule has 1 aromatic carbocycles. The highest BCUT2D eigenvalue weighted by Crippen LogP contribution is 2.26. The molecule has 1 aliphatic carbocycles. The fourth-order valence-corrected chi connectivity index (χ4v) is 4.85. The van der Waals surface area contributed by atoms with Crippen LogP contribution in [0.1, 0.15) is 49.8 Å². The number of piperazine rings is 1. The quantitative estimate of drug-likeness (QED) is 0.815. The average Bonchev–Trinajstić information content (AvgIpc) is 2.80. The van der Waals surface area contributed by atoms with E-state index in [1.54, 1.807) is 17.0 Å². The number of fused-ring (bicyclic) bond motifs is 1. The van der Waals surface area contributed by atoms with E-state index in [1.165, 1.54) is 12.5 Å². The Hall–Kier alpha value is -2.70. The number of hydrogen-bond donors (Lipinski definition) is 1. The van der Waals surface area contributed by atoms with Crippen molar-refractivity contribution in [3.8, 4) is 0 Å². The maximum Gasteiger partial charge on any atom is 0.259 e. The minimum absolute atomic E-state index is 0.0154. The first kappa shape index (κ1) is 21.5. The van der Waals surface area contributed by atoms with Gasteiger partial charge in [-0.1, -0.05) is 25.3 Å². The number of benzene rings is 1. The molecule has 0 unspecified atom stereocenters. The summed E-state index contributed by atoms with van der Waals surface area (Å²) in [7, 11) is 0. The van der Waals surface area contributed by atoms with Crippen LogP contribution in [0.25, 0.3) is 10.8 Å². The van der Waals surface area contributed by atoms with Crippen molar-refractivity contribution in [3.05, 3.63) is 45.6 Å². The molecule has 4 rings (SSSR count). The zero-order valence-corrected chi connectivity index (χ0v) is 18.1. The number of halogens is 1. The molecule has 2 aliphatic rings. The molecule has 2 amide bonds. The number of aromatic nitrogens is 1. The van der Waals surface area contributed by atoms with Crippen LogP contribution >= 0.6 is 0 Å². The molecule has 1 aromatic heterocycles. The van der Waals surface area contributed by atoms with Crippen molar-refractivity contribution >= 4 is 22.6 Å². The van der Waals surface area contributed by atoms with Crippen LogP contribution in [0.3, 0.4) is 0 Å². The number of hydrogen-bond acceptors (Lipinski definition) is 3. The van der Waals surface area contributed by atoms with E-state index < -0.39 is 11.4 Å². The summed E-state index contributed by atoms with van der Waals surface area (Å²) >= 11 is 0. The average molecular weight is 428 g/mol. The predicted octanol–water partition coefficient (Wildman–Crippen LogP) is 3.16. The van der Waals surface area contributed by atoms with Gasteiger partial charge in [0.1, 0.15) is 5.82 Å². The van der Waals surface area contributed by atoms with E-state index >= 15 is 0 Å². The summed E-state index contributed by atoms with van der Waals surface area (Å²) in [6.45, 7) is 4.12. The fraction of sp³-hybridized carbons (Fsp3) is 0.542. The molecule has 0 radical (unpaired) electrons. The lowest BCUT2D eigenvalue weighted by Gasteiger charge is -2.37. The minimum atomic E-state index is -0.537. The van der Waals surface area contributed by atoms with Gasteiger partial charge in [0.15, 0.2) is 0 Å². The van der Waals surface area contributed by atoms with Crippen molar-refractivity contribution in [2.75, 3.05) is 26.2 Å². The van der Waals surface area contributed by atoms with Crippen molar-refractivity contribution in [1.29, 1.82) is 0 Å². The van der Waals surface area contributed by atoms with Crippen LogP contribution in [0, 0.1) is 18.7 Å². The lowest BCUT2D eigenvalue weighted by atomic mass is 9.88. The van der Waals surface area contributed by atoms with Crippen molar-refractivity contribution < 1.29 is 14.0 Å². The van der Waals surface area contributed by atoms with E-state index in [0.29, 0.717) is 43.7 Å². The van der Waals surface area contributed by atoms with Crippen LogP contribution < -0.4 is 5.56 Å². The van der Waals surface area contributed by atoms with Crippen LogP contribution in [0.4, 0.5) is 4.39 Å². The Morgan fingerprint density at radius 3 is 2.45 bits per heavy atom. The Bertz CT molecular complexity index is 1030. The van der Waals surface area contributed by atoms with Gasteiger partial charge in [-0.3, -0.25) is 14.4 Å². The molecule has 1 aliphatic heterocycles. The zero-order chi connectivity index (χ0) is 22.0. The van der Waals surface area contributed by atoms with E-state index in [-0.39, 0.29) is 29.5 Å². The van der Waals surface area contributed by atoms with Gasteiger partial charge in [-0.2, -0.15) is 0 Å². The molecule has 0 bridgehead atoms. The molecule has 1 saturated heterocycles. The van der Waals surface area contributed by atoms with Gasteiger partial charge >= 0.3 is 0 Å². The van der Waals surface area contributed by atoms with Crippen LogP contribution in [0.2, 0.25) is 0 Å². The summed E-state index contributed by atoms with van der Waals surface area (Å²) in [4.78, 5) is 44.1. The number of aromatic amines is 1. The first-order valence-electron chi connectivity index (χ1n) is 11.3. The second-order valence-electron chi connectivity index (χ2n) is 8.82. The molecule has 1 N–H and O–H groups in total. The first-order chi connectivity index (χ1) is 14.9. The molecule has 6 nitrogen and oxygen atoms in total. The lowest BCUT2D eigenvalue weighted by Crippen LogP contribution is -2.52. The van der Waals surface area contributed by atoms with Crippen LogP contribution in [0.15, 0.2) is 23.0 Å². The van der Waals surface area contributed by atoms with E-state index in [0.717, 1.165) is 31.2 Å². The molecule has 1 saturated carbocycles. The van der Waals surface area contributed by atoms with Gasteiger partial charge in [0.05, 0.1) is 5.39 Å². The Kier molecular flexibility index (Phi) is 6.39. The second kappa shape index (κ2) is 9.20. The number of nitrogens with zero attached hydrogens (tertiary/aromatic N) is 2. The molecule has 0 atom stereocenters. The van der Waals surface area contributed by atoms with Crippen molar-refractivity contribution in [2.45, 2.75) is 51.9 Å². The number of pyridine rings is 1. The number of aryl methyl sites for hydroxylation is 2. The van der Waals surface area contributed by atoms with Gasteiger partial charge in [0, 0.05) is 44.2 Å². The molecule has 31 heavy (non-hydrogen) atoms. The smallest absolute Gasteiger partial charge is 0.259 e. The normalized spacial score (nSPS) is 17.9. The maximum absolute atomic E-state index is 14.0. The monoisotopic (exact) mass is 427 g/mol. The van der Waals surface area contributed by atoms with Crippen LogP contribution in [-0.4, -0.2) is 52.8 Å². The Labute approximate surface area is 181 Å². The third-order valence-corrected chi connectivity index (χ3v) is 6.74. The summed E-state index contributed by atoms with van der Waals surface area (Å²) in [5.74, 6) is -0.107. The number of amides is 2. The Morgan fingerprint density at radius 2 is 1.74 bits per heavy atom. The highest BCUT2D eigenvalue weighted by atomic mass is 19.1. The number of carbonyl (C=O) groups is 2. The van der Waals surface area contributed by atoms with Crippen molar-refractivity contribution in [2.24, 2.45) is 5.92 Å². The third kappa shape index (κ3) is 4.65. The lowest BCUT2D eigenvalue weighted by molar-refractivity contribution is -0.142. The Balaban J connectivity index is 1.33. The molecular weight excluding hydrogens is 397 g/mol. The van der Waals surface area contributed by atoms with Crippen LogP contribution in [0.5, 0.6) is 0 Å². The minimum Gasteiger partial charge on any atom is -0.339 e.